The Morgan fingerprint density at radius 1 is 1.53 bits per heavy atom. The van der Waals surface area contributed by atoms with Crippen molar-refractivity contribution in [1.82, 2.24) is 5.32 Å². The number of rotatable bonds is 6. The van der Waals surface area contributed by atoms with E-state index in [4.69, 9.17) is 0 Å². The molecule has 0 spiro atoms. The molecule has 0 aliphatic carbocycles. The van der Waals surface area contributed by atoms with Crippen molar-refractivity contribution in [2.24, 2.45) is 0 Å². The maximum atomic E-state index is 11.8. The lowest BCUT2D eigenvalue weighted by molar-refractivity contribution is -0.173. The minimum Gasteiger partial charge on any atom is -0.371 e. The number of alkyl halides is 3. The van der Waals surface area contributed by atoms with Crippen LogP contribution in [-0.4, -0.2) is 25.9 Å². The van der Waals surface area contributed by atoms with E-state index in [-0.39, 0.29) is 12.6 Å². The molecular weight excluding hydrogens is 319 g/mol. The third kappa shape index (κ3) is 6.40. The highest BCUT2D eigenvalue weighted by molar-refractivity contribution is 9.10. The lowest BCUT2D eigenvalue weighted by atomic mass is 10.3. The molecule has 0 fully saturated rings. The first kappa shape index (κ1) is 14.9. The molecule has 0 saturated carbocycles. The molecule has 1 rings (SSSR count). The number of ether oxygens (including phenoxy) is 1. The number of hydrogen-bond acceptors (Lipinski definition) is 3. The fraction of sp³-hybridized carbons (Fsp3) is 0.600. The van der Waals surface area contributed by atoms with Gasteiger partial charge in [0.2, 0.25) is 0 Å². The fourth-order valence-electron chi connectivity index (χ4n) is 1.19. The zero-order valence-electron chi connectivity index (χ0n) is 9.18. The van der Waals surface area contributed by atoms with Gasteiger partial charge in [0, 0.05) is 27.3 Å². The summed E-state index contributed by atoms with van der Waals surface area (Å²) in [5.41, 5.74) is 0. The molecule has 7 heteroatoms. The Kier molecular flexibility index (Phi) is 5.91. The second-order valence-electron chi connectivity index (χ2n) is 3.51. The van der Waals surface area contributed by atoms with Gasteiger partial charge in [-0.05, 0) is 28.9 Å². The maximum Gasteiger partial charge on any atom is 0.411 e. The summed E-state index contributed by atoms with van der Waals surface area (Å²) in [7, 11) is 0. The van der Waals surface area contributed by atoms with E-state index in [1.165, 1.54) is 0 Å². The van der Waals surface area contributed by atoms with Crippen LogP contribution in [0.25, 0.3) is 0 Å². The number of halogens is 4. The zero-order chi connectivity index (χ0) is 12.9. The Hall–Kier alpha value is -0.110. The second kappa shape index (κ2) is 6.72. The van der Waals surface area contributed by atoms with Gasteiger partial charge in [-0.3, -0.25) is 0 Å². The van der Waals surface area contributed by atoms with Crippen LogP contribution >= 0.6 is 27.3 Å². The van der Waals surface area contributed by atoms with E-state index >= 15 is 0 Å². The highest BCUT2D eigenvalue weighted by Crippen LogP contribution is 2.25. The van der Waals surface area contributed by atoms with Crippen LogP contribution in [0, 0.1) is 0 Å². The predicted molar refractivity (Wildman–Crippen MR) is 65.3 cm³/mol. The molecule has 0 bridgehead atoms. The van der Waals surface area contributed by atoms with Crippen molar-refractivity contribution >= 4 is 27.3 Å². The van der Waals surface area contributed by atoms with Crippen molar-refractivity contribution in [2.45, 2.75) is 19.1 Å². The molecule has 0 aliphatic heterocycles. The smallest absolute Gasteiger partial charge is 0.371 e. The van der Waals surface area contributed by atoms with Crippen molar-refractivity contribution in [3.63, 3.8) is 0 Å². The minimum absolute atomic E-state index is 0.0520. The minimum atomic E-state index is -4.25. The summed E-state index contributed by atoms with van der Waals surface area (Å²) in [6.45, 7) is 1.22. The number of nitrogens with one attached hydrogen (secondary N) is 1. The molecule has 0 amide bonds. The number of hydrogen-bond donors (Lipinski definition) is 1. The molecule has 0 aromatic carbocycles. The lowest BCUT2D eigenvalue weighted by Crippen LogP contribution is -2.25. The second-order valence-corrected chi connectivity index (χ2v) is 5.37. The van der Waals surface area contributed by atoms with Crippen molar-refractivity contribution in [3.8, 4) is 0 Å². The van der Waals surface area contributed by atoms with E-state index in [1.807, 2.05) is 18.4 Å². The molecule has 1 aromatic heterocycles. The average molecular weight is 332 g/mol. The van der Waals surface area contributed by atoms with Crippen LogP contribution < -0.4 is 5.32 Å². The van der Waals surface area contributed by atoms with Crippen LogP contribution in [0.15, 0.2) is 15.9 Å². The van der Waals surface area contributed by atoms with Crippen molar-refractivity contribution < 1.29 is 17.9 Å². The molecule has 17 heavy (non-hydrogen) atoms. The summed E-state index contributed by atoms with van der Waals surface area (Å²) in [5.74, 6) is 0. The van der Waals surface area contributed by atoms with Gasteiger partial charge in [-0.15, -0.1) is 11.3 Å². The topological polar surface area (TPSA) is 21.3 Å². The third-order valence-corrected chi connectivity index (χ3v) is 3.85. The molecule has 98 valence electrons. The quantitative estimate of drug-likeness (QED) is 0.802. The summed E-state index contributed by atoms with van der Waals surface area (Å²) < 4.78 is 40.8. The standard InChI is InChI=1S/C10H13BrF3NOS/c1-7(9-4-8(11)5-17-9)15-2-3-16-6-10(12,13)14/h4-5,7,15H,2-3,6H2,1H3. The molecule has 0 aliphatic rings. The lowest BCUT2D eigenvalue weighted by Gasteiger charge is -2.12. The molecule has 1 atom stereocenters. The van der Waals surface area contributed by atoms with Gasteiger partial charge < -0.3 is 10.1 Å². The van der Waals surface area contributed by atoms with E-state index in [2.05, 4.69) is 26.0 Å². The first-order valence-corrected chi connectivity index (χ1v) is 6.67. The molecule has 1 heterocycles. The SMILES string of the molecule is CC(NCCOCC(F)(F)F)c1cc(Br)cs1. The summed E-state index contributed by atoms with van der Waals surface area (Å²) in [6, 6.07) is 2.10. The first-order chi connectivity index (χ1) is 7.88. The average Bonchev–Trinajstić information content (AvgIpc) is 2.62. The molecule has 0 saturated heterocycles. The van der Waals surface area contributed by atoms with E-state index < -0.39 is 12.8 Å². The van der Waals surface area contributed by atoms with Crippen LogP contribution in [0.2, 0.25) is 0 Å². The Morgan fingerprint density at radius 2 is 2.24 bits per heavy atom. The monoisotopic (exact) mass is 331 g/mol. The van der Waals surface area contributed by atoms with Crippen LogP contribution in [-0.2, 0) is 4.74 Å². The van der Waals surface area contributed by atoms with Gasteiger partial charge in [-0.25, -0.2) is 0 Å². The van der Waals surface area contributed by atoms with Crippen molar-refractivity contribution in [3.05, 3.63) is 20.8 Å². The zero-order valence-corrected chi connectivity index (χ0v) is 11.6. The van der Waals surface area contributed by atoms with Crippen molar-refractivity contribution in [2.75, 3.05) is 19.8 Å². The van der Waals surface area contributed by atoms with Gasteiger partial charge >= 0.3 is 6.18 Å². The molecule has 2 nitrogen and oxygen atoms in total. The van der Waals surface area contributed by atoms with Crippen molar-refractivity contribution in [1.29, 1.82) is 0 Å². The summed E-state index contributed by atoms with van der Waals surface area (Å²) >= 11 is 4.94. The largest absolute Gasteiger partial charge is 0.411 e. The molecular formula is C10H13BrF3NOS. The van der Waals surface area contributed by atoms with E-state index in [1.54, 1.807) is 11.3 Å². The Bertz CT molecular complexity index is 343. The van der Waals surface area contributed by atoms with E-state index in [9.17, 15) is 13.2 Å². The summed E-state index contributed by atoms with van der Waals surface area (Å²) in [6.07, 6.45) is -4.25. The van der Waals surface area contributed by atoms with Crippen LogP contribution in [0.1, 0.15) is 17.8 Å². The Balaban J connectivity index is 2.15. The van der Waals surface area contributed by atoms with Gasteiger partial charge in [0.1, 0.15) is 6.61 Å². The van der Waals surface area contributed by atoms with Crippen LogP contribution in [0.5, 0.6) is 0 Å². The predicted octanol–water partition coefficient (Wildman–Crippen LogP) is 3.74. The Morgan fingerprint density at radius 3 is 2.76 bits per heavy atom. The summed E-state index contributed by atoms with van der Waals surface area (Å²) in [4.78, 5) is 1.13. The van der Waals surface area contributed by atoms with Gasteiger partial charge in [-0.1, -0.05) is 0 Å². The highest BCUT2D eigenvalue weighted by atomic mass is 79.9. The summed E-state index contributed by atoms with van der Waals surface area (Å²) in [5, 5.41) is 5.06. The molecule has 1 unspecified atom stereocenters. The Labute approximate surface area is 110 Å². The van der Waals surface area contributed by atoms with E-state index in [0.717, 1.165) is 9.35 Å². The normalized spacial score (nSPS) is 13.9. The third-order valence-electron chi connectivity index (χ3n) is 1.98. The van der Waals surface area contributed by atoms with Gasteiger partial charge in [0.15, 0.2) is 0 Å². The van der Waals surface area contributed by atoms with Gasteiger partial charge in [0.25, 0.3) is 0 Å². The van der Waals surface area contributed by atoms with E-state index in [0.29, 0.717) is 6.54 Å². The van der Waals surface area contributed by atoms with Gasteiger partial charge in [0.05, 0.1) is 6.61 Å². The van der Waals surface area contributed by atoms with Crippen LogP contribution in [0.3, 0.4) is 0 Å². The first-order valence-electron chi connectivity index (χ1n) is 5.00. The fourth-order valence-corrected chi connectivity index (χ4v) is 2.67. The molecule has 1 N–H and O–H groups in total. The number of thiophene rings is 1. The van der Waals surface area contributed by atoms with Gasteiger partial charge in [-0.2, -0.15) is 13.2 Å². The maximum absolute atomic E-state index is 11.8. The molecule has 1 aromatic rings. The molecule has 0 radical (unpaired) electrons. The van der Waals surface area contributed by atoms with Crippen LogP contribution in [0.4, 0.5) is 13.2 Å². The highest BCUT2D eigenvalue weighted by Gasteiger charge is 2.27.